The first kappa shape index (κ1) is 23.7. The average Bonchev–Trinajstić information content (AvgIpc) is 3.05. The van der Waals surface area contributed by atoms with E-state index >= 15 is 0 Å². The normalized spacial score (nSPS) is 19.8. The number of amidine groups is 1. The SMILES string of the molecule is CN=C(C(C=N)NC(=O)c1nc(-c2ccccc2F)sc1N)N1CCC(N)CC(F)(F)C1. The Labute approximate surface area is 187 Å². The highest BCUT2D eigenvalue weighted by molar-refractivity contribution is 7.19. The van der Waals surface area contributed by atoms with Crippen LogP contribution < -0.4 is 16.8 Å². The first-order valence-electron chi connectivity index (χ1n) is 9.83. The summed E-state index contributed by atoms with van der Waals surface area (Å²) in [7, 11) is 1.40. The number of thiazole rings is 1. The number of nitrogens with zero attached hydrogens (tertiary/aromatic N) is 3. The third-order valence-electron chi connectivity index (χ3n) is 5.01. The van der Waals surface area contributed by atoms with Gasteiger partial charge in [-0.05, 0) is 18.6 Å². The van der Waals surface area contributed by atoms with Crippen LogP contribution in [0.15, 0.2) is 29.3 Å². The Kier molecular flexibility index (Phi) is 7.14. The summed E-state index contributed by atoms with van der Waals surface area (Å²) in [6.07, 6.45) is 0.762. The van der Waals surface area contributed by atoms with Gasteiger partial charge < -0.3 is 27.1 Å². The summed E-state index contributed by atoms with van der Waals surface area (Å²) in [5, 5.41) is 10.6. The van der Waals surface area contributed by atoms with Gasteiger partial charge in [0.25, 0.3) is 11.8 Å². The van der Waals surface area contributed by atoms with Gasteiger partial charge in [0.1, 0.15) is 27.7 Å². The van der Waals surface area contributed by atoms with Crippen LogP contribution in [-0.4, -0.2) is 66.0 Å². The number of aliphatic imine (C=N–C) groups is 1. The molecule has 3 rings (SSSR count). The number of hydrogen-bond acceptors (Lipinski definition) is 7. The topological polar surface area (TPSA) is 133 Å². The maximum Gasteiger partial charge on any atom is 0.273 e. The Bertz CT molecular complexity index is 1030. The van der Waals surface area contributed by atoms with Gasteiger partial charge in [0.05, 0.1) is 6.54 Å². The van der Waals surface area contributed by atoms with Gasteiger partial charge in [-0.25, -0.2) is 18.2 Å². The molecule has 2 atom stereocenters. The van der Waals surface area contributed by atoms with Crippen molar-refractivity contribution < 1.29 is 18.0 Å². The Morgan fingerprint density at radius 1 is 1.47 bits per heavy atom. The van der Waals surface area contributed by atoms with Crippen LogP contribution in [0.2, 0.25) is 0 Å². The molecule has 0 saturated carbocycles. The van der Waals surface area contributed by atoms with E-state index in [-0.39, 0.29) is 33.6 Å². The smallest absolute Gasteiger partial charge is 0.273 e. The summed E-state index contributed by atoms with van der Waals surface area (Å²) in [6.45, 7) is -0.413. The zero-order valence-corrected chi connectivity index (χ0v) is 18.1. The fraction of sp³-hybridized carbons (Fsp3) is 0.400. The molecule has 1 saturated heterocycles. The van der Waals surface area contributed by atoms with Crippen molar-refractivity contribution in [1.82, 2.24) is 15.2 Å². The van der Waals surface area contributed by atoms with Crippen molar-refractivity contribution in [2.75, 3.05) is 25.9 Å². The van der Waals surface area contributed by atoms with Crippen LogP contribution in [-0.2, 0) is 0 Å². The number of rotatable bonds is 5. The molecule has 2 unspecified atom stereocenters. The van der Waals surface area contributed by atoms with Crippen molar-refractivity contribution in [3.8, 4) is 10.6 Å². The van der Waals surface area contributed by atoms with E-state index < -0.39 is 42.7 Å². The molecule has 2 aromatic rings. The zero-order valence-electron chi connectivity index (χ0n) is 17.3. The van der Waals surface area contributed by atoms with Crippen LogP contribution in [0, 0.1) is 11.2 Å². The number of hydrogen-bond donors (Lipinski definition) is 4. The summed E-state index contributed by atoms with van der Waals surface area (Å²) < 4.78 is 42.5. The quantitative estimate of drug-likeness (QED) is 0.396. The summed E-state index contributed by atoms with van der Waals surface area (Å²) in [6, 6.07) is 4.20. The molecule has 1 aromatic carbocycles. The molecule has 0 aliphatic carbocycles. The fourth-order valence-electron chi connectivity index (χ4n) is 3.54. The largest absolute Gasteiger partial charge is 0.389 e. The van der Waals surface area contributed by atoms with E-state index in [2.05, 4.69) is 15.3 Å². The van der Waals surface area contributed by atoms with Gasteiger partial charge in [-0.2, -0.15) is 0 Å². The number of halogens is 3. The molecule has 1 fully saturated rings. The monoisotopic (exact) mass is 467 g/mol. The zero-order chi connectivity index (χ0) is 23.5. The molecular weight excluding hydrogens is 443 g/mol. The third kappa shape index (κ3) is 5.25. The minimum atomic E-state index is -3.03. The van der Waals surface area contributed by atoms with Crippen LogP contribution in [0.5, 0.6) is 0 Å². The molecule has 12 heteroatoms. The molecule has 1 amide bonds. The lowest BCUT2D eigenvalue weighted by molar-refractivity contribution is -0.0207. The van der Waals surface area contributed by atoms with Crippen molar-refractivity contribution in [2.45, 2.75) is 30.8 Å². The Balaban J connectivity index is 1.81. The standard InChI is InChI=1S/C20H24F3N7OS/c1-27-17(30-7-6-11(25)8-20(22,23)10-30)14(9-24)28-18(31)15-16(26)32-19(29-15)12-4-2-3-5-13(12)21/h2-5,9,11,14,24H,6-8,10,25-26H2,1H3,(H,28,31). The summed E-state index contributed by atoms with van der Waals surface area (Å²) in [5.41, 5.74) is 11.7. The second-order valence-electron chi connectivity index (χ2n) is 7.44. The number of alkyl halides is 2. The van der Waals surface area contributed by atoms with Gasteiger partial charge in [0.2, 0.25) is 0 Å². The second-order valence-corrected chi connectivity index (χ2v) is 8.47. The summed E-state index contributed by atoms with van der Waals surface area (Å²) >= 11 is 0.945. The molecule has 32 heavy (non-hydrogen) atoms. The Hall–Kier alpha value is -2.99. The van der Waals surface area contributed by atoms with E-state index in [9.17, 15) is 18.0 Å². The third-order valence-corrected chi connectivity index (χ3v) is 5.93. The highest BCUT2D eigenvalue weighted by Gasteiger charge is 2.39. The Morgan fingerprint density at radius 3 is 2.84 bits per heavy atom. The van der Waals surface area contributed by atoms with Gasteiger partial charge in [0.15, 0.2) is 5.69 Å². The number of amides is 1. The van der Waals surface area contributed by atoms with E-state index in [0.717, 1.165) is 17.6 Å². The maximum absolute atomic E-state index is 14.2. The van der Waals surface area contributed by atoms with Crippen molar-refractivity contribution in [3.63, 3.8) is 0 Å². The van der Waals surface area contributed by atoms with Gasteiger partial charge >= 0.3 is 0 Å². The van der Waals surface area contributed by atoms with Crippen molar-refractivity contribution >= 4 is 34.3 Å². The molecule has 172 valence electrons. The van der Waals surface area contributed by atoms with Gasteiger partial charge in [-0.1, -0.05) is 23.5 Å². The number of aromatic nitrogens is 1. The molecule has 1 aliphatic heterocycles. The number of nitrogens with two attached hydrogens (primary N) is 2. The molecule has 2 heterocycles. The van der Waals surface area contributed by atoms with Crippen LogP contribution in [0.1, 0.15) is 23.3 Å². The number of benzene rings is 1. The molecule has 0 bridgehead atoms. The molecular formula is C20H24F3N7OS. The maximum atomic E-state index is 14.2. The first-order valence-corrected chi connectivity index (χ1v) is 10.6. The lowest BCUT2D eigenvalue weighted by atomic mass is 10.1. The lowest BCUT2D eigenvalue weighted by Gasteiger charge is -2.30. The predicted octanol–water partition coefficient (Wildman–Crippen LogP) is 2.37. The van der Waals surface area contributed by atoms with E-state index in [1.165, 1.54) is 30.1 Å². The molecule has 6 N–H and O–H groups in total. The number of anilines is 1. The molecule has 8 nitrogen and oxygen atoms in total. The molecule has 0 spiro atoms. The van der Waals surface area contributed by atoms with Gasteiger partial charge in [-0.3, -0.25) is 9.79 Å². The summed E-state index contributed by atoms with van der Waals surface area (Å²) in [5.74, 6) is -4.16. The number of likely N-dealkylation sites (tertiary alicyclic amines) is 1. The van der Waals surface area contributed by atoms with Crippen molar-refractivity contribution in [1.29, 1.82) is 5.41 Å². The highest BCUT2D eigenvalue weighted by Crippen LogP contribution is 2.31. The van der Waals surface area contributed by atoms with Crippen LogP contribution in [0.3, 0.4) is 0 Å². The van der Waals surface area contributed by atoms with Crippen molar-refractivity contribution in [3.05, 3.63) is 35.8 Å². The van der Waals surface area contributed by atoms with E-state index in [0.29, 0.717) is 6.42 Å². The first-order chi connectivity index (χ1) is 15.1. The molecule has 0 radical (unpaired) electrons. The van der Waals surface area contributed by atoms with E-state index in [4.69, 9.17) is 16.9 Å². The fourth-order valence-corrected chi connectivity index (χ4v) is 4.39. The average molecular weight is 468 g/mol. The highest BCUT2D eigenvalue weighted by atomic mass is 32.1. The van der Waals surface area contributed by atoms with Crippen LogP contribution >= 0.6 is 11.3 Å². The van der Waals surface area contributed by atoms with Crippen LogP contribution in [0.4, 0.5) is 18.2 Å². The predicted molar refractivity (Wildman–Crippen MR) is 119 cm³/mol. The van der Waals surface area contributed by atoms with Gasteiger partial charge in [0, 0.05) is 37.8 Å². The van der Waals surface area contributed by atoms with E-state index in [1.807, 2.05) is 0 Å². The van der Waals surface area contributed by atoms with E-state index in [1.54, 1.807) is 6.07 Å². The number of carbonyl (C=O) groups is 1. The second kappa shape index (κ2) is 9.65. The minimum Gasteiger partial charge on any atom is -0.389 e. The summed E-state index contributed by atoms with van der Waals surface area (Å²) in [4.78, 5) is 22.4. The Morgan fingerprint density at radius 2 is 2.19 bits per heavy atom. The molecule has 1 aliphatic rings. The minimum absolute atomic E-state index is 0.0618. The lowest BCUT2D eigenvalue weighted by Crippen LogP contribution is -2.52. The van der Waals surface area contributed by atoms with Crippen molar-refractivity contribution in [2.24, 2.45) is 10.7 Å². The number of carbonyl (C=O) groups excluding carboxylic acids is 1. The van der Waals surface area contributed by atoms with Crippen LogP contribution in [0.25, 0.3) is 10.6 Å². The number of nitrogen functional groups attached to an aromatic ring is 1. The number of nitrogens with one attached hydrogen (secondary N) is 2. The van der Waals surface area contributed by atoms with Gasteiger partial charge in [-0.15, -0.1) is 0 Å². The molecule has 1 aromatic heterocycles.